The molecule has 4 rings (SSSR count). The molecule has 1 aliphatic heterocycles. The van der Waals surface area contributed by atoms with Crippen LogP contribution in [0.3, 0.4) is 0 Å². The van der Waals surface area contributed by atoms with Crippen LogP contribution in [0.2, 0.25) is 0 Å². The van der Waals surface area contributed by atoms with Gasteiger partial charge in [0.15, 0.2) is 5.82 Å². The monoisotopic (exact) mass is 394 g/mol. The number of para-hydroxylation sites is 1. The van der Waals surface area contributed by atoms with Crippen molar-refractivity contribution < 1.29 is 13.9 Å². The summed E-state index contributed by atoms with van der Waals surface area (Å²) in [5.41, 5.74) is 1.25. The second-order valence-corrected chi connectivity index (χ2v) is 6.98. The molecule has 1 aliphatic rings. The number of halogens is 1. The molecule has 1 aromatic heterocycles. The fourth-order valence-electron chi connectivity index (χ4n) is 3.59. The number of amides is 1. The maximum Gasteiger partial charge on any atom is 0.259 e. The lowest BCUT2D eigenvalue weighted by Crippen LogP contribution is -2.14. The summed E-state index contributed by atoms with van der Waals surface area (Å²) in [6, 6.07) is 11.5. The number of carbonyl (C=O) groups is 1. The molecule has 7 heteroatoms. The van der Waals surface area contributed by atoms with Crippen LogP contribution in [0.5, 0.6) is 5.75 Å². The molecule has 2 heterocycles. The molecule has 0 fully saturated rings. The van der Waals surface area contributed by atoms with Crippen LogP contribution in [-0.4, -0.2) is 27.3 Å². The molecule has 1 amide bonds. The van der Waals surface area contributed by atoms with Gasteiger partial charge >= 0.3 is 0 Å². The fourth-order valence-corrected chi connectivity index (χ4v) is 3.59. The number of hydrogen-bond donors (Lipinski definition) is 1. The highest BCUT2D eigenvalue weighted by molar-refractivity contribution is 6.06. The highest BCUT2D eigenvalue weighted by atomic mass is 19.1. The molecule has 0 spiro atoms. The normalized spacial score (nSPS) is 13.4. The highest BCUT2D eigenvalue weighted by Crippen LogP contribution is 2.28. The van der Waals surface area contributed by atoms with Crippen LogP contribution in [0.4, 0.5) is 10.1 Å². The van der Waals surface area contributed by atoms with Gasteiger partial charge in [-0.3, -0.25) is 4.79 Å². The van der Waals surface area contributed by atoms with Gasteiger partial charge < -0.3 is 14.6 Å². The number of aryl methyl sites for hydroxylation is 1. The Balaban J connectivity index is 1.63. The molecule has 1 N–H and O–H groups in total. The molecule has 0 saturated heterocycles. The lowest BCUT2D eigenvalue weighted by molar-refractivity contribution is 0.102. The Morgan fingerprint density at radius 1 is 1.17 bits per heavy atom. The van der Waals surface area contributed by atoms with Crippen molar-refractivity contribution in [2.45, 2.75) is 39.2 Å². The van der Waals surface area contributed by atoms with E-state index in [4.69, 9.17) is 4.74 Å². The molecule has 0 bridgehead atoms. The van der Waals surface area contributed by atoms with Crippen LogP contribution in [-0.2, 0) is 13.0 Å². The van der Waals surface area contributed by atoms with Gasteiger partial charge in [-0.15, -0.1) is 10.2 Å². The summed E-state index contributed by atoms with van der Waals surface area (Å²) in [5.74, 6) is 1.20. The summed E-state index contributed by atoms with van der Waals surface area (Å²) < 4.78 is 22.1. The Labute approximate surface area is 168 Å². The van der Waals surface area contributed by atoms with E-state index in [1.165, 1.54) is 6.07 Å². The predicted octanol–water partition coefficient (Wildman–Crippen LogP) is 4.46. The summed E-state index contributed by atoms with van der Waals surface area (Å²) in [7, 11) is 0. The Kier molecular flexibility index (Phi) is 5.55. The Hall–Kier alpha value is -3.22. The van der Waals surface area contributed by atoms with Gasteiger partial charge in [0.25, 0.3) is 5.91 Å². The van der Waals surface area contributed by atoms with Gasteiger partial charge in [0, 0.05) is 18.7 Å². The zero-order valence-electron chi connectivity index (χ0n) is 16.3. The number of aromatic nitrogens is 3. The van der Waals surface area contributed by atoms with Crippen LogP contribution in [0, 0.1) is 5.82 Å². The van der Waals surface area contributed by atoms with E-state index in [1.807, 2.05) is 17.6 Å². The first-order valence-corrected chi connectivity index (χ1v) is 9.92. The third kappa shape index (κ3) is 3.99. The number of nitrogens with one attached hydrogen (secondary N) is 1. The van der Waals surface area contributed by atoms with Gasteiger partial charge in [0.05, 0.1) is 17.7 Å². The molecule has 3 aromatic rings. The van der Waals surface area contributed by atoms with Crippen LogP contribution in [0.15, 0.2) is 42.5 Å². The number of fused-ring (bicyclic) bond motifs is 1. The molecule has 0 saturated carbocycles. The van der Waals surface area contributed by atoms with Crippen molar-refractivity contribution >= 4 is 11.6 Å². The van der Waals surface area contributed by atoms with Gasteiger partial charge in [-0.2, -0.15) is 0 Å². The standard InChI is InChI=1S/C22H23FN4O2/c1-2-29-19-9-6-5-8-16(19)22(28)24-15-11-12-18(23)17(14-15)21-26-25-20-10-4-3-7-13-27(20)21/h5-6,8-9,11-12,14H,2-4,7,10,13H2,1H3,(H,24,28). The van der Waals surface area contributed by atoms with Gasteiger partial charge in [0.2, 0.25) is 0 Å². The first-order chi connectivity index (χ1) is 14.2. The van der Waals surface area contributed by atoms with Crippen LogP contribution in [0.25, 0.3) is 11.4 Å². The van der Waals surface area contributed by atoms with Crippen molar-refractivity contribution in [3.05, 3.63) is 59.7 Å². The van der Waals surface area contributed by atoms with Gasteiger partial charge in [-0.25, -0.2) is 4.39 Å². The molecule has 0 aliphatic carbocycles. The van der Waals surface area contributed by atoms with Crippen molar-refractivity contribution in [3.63, 3.8) is 0 Å². The van der Waals surface area contributed by atoms with E-state index in [1.54, 1.807) is 30.3 Å². The predicted molar refractivity (Wildman–Crippen MR) is 109 cm³/mol. The highest BCUT2D eigenvalue weighted by Gasteiger charge is 2.20. The smallest absolute Gasteiger partial charge is 0.259 e. The molecule has 0 atom stereocenters. The van der Waals surface area contributed by atoms with E-state index >= 15 is 0 Å². The summed E-state index contributed by atoms with van der Waals surface area (Å²) in [6.07, 6.45) is 4.06. The number of benzene rings is 2. The summed E-state index contributed by atoms with van der Waals surface area (Å²) in [5, 5.41) is 11.3. The first-order valence-electron chi connectivity index (χ1n) is 9.92. The molecule has 0 radical (unpaired) electrons. The quantitative estimate of drug-likeness (QED) is 0.694. The second-order valence-electron chi connectivity index (χ2n) is 6.98. The minimum atomic E-state index is -0.392. The minimum Gasteiger partial charge on any atom is -0.493 e. The molecule has 29 heavy (non-hydrogen) atoms. The Morgan fingerprint density at radius 2 is 2.03 bits per heavy atom. The SMILES string of the molecule is CCOc1ccccc1C(=O)Nc1ccc(F)c(-c2nnc3n2CCCCC3)c1. The van der Waals surface area contributed by atoms with E-state index < -0.39 is 5.82 Å². The van der Waals surface area contributed by atoms with E-state index in [-0.39, 0.29) is 5.91 Å². The van der Waals surface area contributed by atoms with Crippen LogP contribution >= 0.6 is 0 Å². The number of rotatable bonds is 5. The fraction of sp³-hybridized carbons (Fsp3) is 0.318. The molecular weight excluding hydrogens is 371 g/mol. The van der Waals surface area contributed by atoms with Gasteiger partial charge in [0.1, 0.15) is 17.4 Å². The molecular formula is C22H23FN4O2. The number of anilines is 1. The third-order valence-corrected chi connectivity index (χ3v) is 5.01. The van der Waals surface area contributed by atoms with E-state index in [0.29, 0.717) is 35.0 Å². The second kappa shape index (κ2) is 8.43. The first kappa shape index (κ1) is 19.1. The molecule has 150 valence electrons. The maximum atomic E-state index is 14.6. The van der Waals surface area contributed by atoms with Crippen molar-refractivity contribution in [3.8, 4) is 17.1 Å². The molecule has 6 nitrogen and oxygen atoms in total. The average Bonchev–Trinajstić information content (AvgIpc) is 2.97. The topological polar surface area (TPSA) is 69.0 Å². The van der Waals surface area contributed by atoms with E-state index in [2.05, 4.69) is 15.5 Å². The summed E-state index contributed by atoms with van der Waals surface area (Å²) >= 11 is 0. The minimum absolute atomic E-state index is 0.313. The lowest BCUT2D eigenvalue weighted by atomic mass is 10.1. The third-order valence-electron chi connectivity index (χ3n) is 5.01. The number of hydrogen-bond acceptors (Lipinski definition) is 4. The van der Waals surface area contributed by atoms with Crippen molar-refractivity contribution in [1.29, 1.82) is 0 Å². The average molecular weight is 394 g/mol. The molecule has 0 unspecified atom stereocenters. The van der Waals surface area contributed by atoms with Crippen molar-refractivity contribution in [1.82, 2.24) is 14.8 Å². The van der Waals surface area contributed by atoms with Crippen molar-refractivity contribution in [2.75, 3.05) is 11.9 Å². The van der Waals surface area contributed by atoms with Gasteiger partial charge in [-0.1, -0.05) is 18.6 Å². The van der Waals surface area contributed by atoms with Crippen LogP contribution < -0.4 is 10.1 Å². The van der Waals surface area contributed by atoms with Crippen molar-refractivity contribution in [2.24, 2.45) is 0 Å². The Morgan fingerprint density at radius 3 is 2.90 bits per heavy atom. The summed E-state index contributed by atoms with van der Waals surface area (Å²) in [6.45, 7) is 3.10. The van der Waals surface area contributed by atoms with E-state index in [0.717, 1.165) is 38.1 Å². The lowest BCUT2D eigenvalue weighted by Gasteiger charge is -2.12. The largest absolute Gasteiger partial charge is 0.493 e. The van der Waals surface area contributed by atoms with Gasteiger partial charge in [-0.05, 0) is 50.1 Å². The zero-order chi connectivity index (χ0) is 20.2. The number of carbonyl (C=O) groups excluding carboxylic acids is 1. The maximum absolute atomic E-state index is 14.6. The Bertz CT molecular complexity index is 1030. The molecule has 2 aromatic carbocycles. The zero-order valence-corrected chi connectivity index (χ0v) is 16.3. The summed E-state index contributed by atoms with van der Waals surface area (Å²) in [4.78, 5) is 12.8. The number of ether oxygens (including phenoxy) is 1. The van der Waals surface area contributed by atoms with Crippen LogP contribution in [0.1, 0.15) is 42.4 Å². The number of nitrogens with zero attached hydrogens (tertiary/aromatic N) is 3. The van der Waals surface area contributed by atoms with E-state index in [9.17, 15) is 9.18 Å².